The van der Waals surface area contributed by atoms with E-state index in [9.17, 15) is 13.2 Å². The van der Waals surface area contributed by atoms with Crippen molar-refractivity contribution in [2.45, 2.75) is 24.5 Å². The molecule has 2 aromatic rings. The fourth-order valence-electron chi connectivity index (χ4n) is 2.46. The van der Waals surface area contributed by atoms with E-state index in [1.165, 1.54) is 28.2 Å². The Morgan fingerprint density at radius 3 is 2.19 bits per heavy atom. The largest absolute Gasteiger partial charge is 0.325 e. The van der Waals surface area contributed by atoms with Crippen LogP contribution in [0.25, 0.3) is 0 Å². The zero-order valence-electron chi connectivity index (χ0n) is 15.3. The van der Waals surface area contributed by atoms with Gasteiger partial charge in [-0.05, 0) is 42.0 Å². The lowest BCUT2D eigenvalue weighted by Gasteiger charge is -2.18. The standard InChI is InChI=1S/C19H23ClN2O3S2/c1-3-22(4-2)27(24,25)18-11-9-17(10-12-18)21-19(23)14-26-13-15-5-7-16(20)8-6-15/h5-12H,3-4,13-14H2,1-2H3,(H,21,23). The number of rotatable bonds is 9. The predicted molar refractivity (Wildman–Crippen MR) is 113 cm³/mol. The number of anilines is 1. The van der Waals surface area contributed by atoms with E-state index < -0.39 is 10.0 Å². The Morgan fingerprint density at radius 2 is 1.63 bits per heavy atom. The Kier molecular flexibility index (Phi) is 8.16. The maximum atomic E-state index is 12.5. The van der Waals surface area contributed by atoms with Crippen LogP contribution in [0.1, 0.15) is 19.4 Å². The minimum absolute atomic E-state index is 0.131. The summed E-state index contributed by atoms with van der Waals surface area (Å²) in [7, 11) is -3.49. The number of sulfonamides is 1. The van der Waals surface area contributed by atoms with Crippen LogP contribution >= 0.6 is 23.4 Å². The molecule has 1 N–H and O–H groups in total. The van der Waals surface area contributed by atoms with Gasteiger partial charge in [0.25, 0.3) is 0 Å². The van der Waals surface area contributed by atoms with Crippen molar-refractivity contribution in [1.29, 1.82) is 0 Å². The second kappa shape index (κ2) is 10.1. The van der Waals surface area contributed by atoms with Gasteiger partial charge in [0, 0.05) is 29.6 Å². The maximum Gasteiger partial charge on any atom is 0.243 e. The third-order valence-electron chi connectivity index (χ3n) is 3.90. The molecule has 0 bridgehead atoms. The second-order valence-electron chi connectivity index (χ2n) is 5.78. The Morgan fingerprint density at radius 1 is 1.04 bits per heavy atom. The van der Waals surface area contributed by atoms with Gasteiger partial charge in [0.05, 0.1) is 10.6 Å². The SMILES string of the molecule is CCN(CC)S(=O)(=O)c1ccc(NC(=O)CSCc2ccc(Cl)cc2)cc1. The first-order valence-corrected chi connectivity index (χ1v) is 11.6. The molecule has 0 radical (unpaired) electrons. The van der Waals surface area contributed by atoms with Crippen molar-refractivity contribution < 1.29 is 13.2 Å². The molecule has 2 rings (SSSR count). The molecule has 0 saturated heterocycles. The van der Waals surface area contributed by atoms with Gasteiger partial charge in [0.15, 0.2) is 0 Å². The van der Waals surface area contributed by atoms with Gasteiger partial charge in [0.1, 0.15) is 0 Å². The fraction of sp³-hybridized carbons (Fsp3) is 0.316. The van der Waals surface area contributed by atoms with E-state index in [4.69, 9.17) is 11.6 Å². The highest BCUT2D eigenvalue weighted by atomic mass is 35.5. The number of amides is 1. The first-order valence-electron chi connectivity index (χ1n) is 8.59. The van der Waals surface area contributed by atoms with Gasteiger partial charge in [0.2, 0.25) is 15.9 Å². The van der Waals surface area contributed by atoms with Gasteiger partial charge in [-0.15, -0.1) is 11.8 Å². The van der Waals surface area contributed by atoms with Crippen molar-refractivity contribution in [3.8, 4) is 0 Å². The van der Waals surface area contributed by atoms with Crippen LogP contribution < -0.4 is 5.32 Å². The summed E-state index contributed by atoms with van der Waals surface area (Å²) in [6.07, 6.45) is 0. The zero-order chi connectivity index (χ0) is 19.9. The molecule has 0 aliphatic carbocycles. The Labute approximate surface area is 170 Å². The molecule has 8 heteroatoms. The van der Waals surface area contributed by atoms with E-state index in [1.807, 2.05) is 24.3 Å². The van der Waals surface area contributed by atoms with Crippen LogP contribution in [0.2, 0.25) is 5.02 Å². The number of hydrogen-bond acceptors (Lipinski definition) is 4. The number of carbonyl (C=O) groups excluding carboxylic acids is 1. The third kappa shape index (κ3) is 6.24. The van der Waals surface area contributed by atoms with E-state index in [0.717, 1.165) is 5.56 Å². The molecule has 27 heavy (non-hydrogen) atoms. The van der Waals surface area contributed by atoms with Crippen LogP contribution in [0.4, 0.5) is 5.69 Å². The highest BCUT2D eigenvalue weighted by Crippen LogP contribution is 2.19. The Bertz CT molecular complexity index is 850. The van der Waals surface area contributed by atoms with Crippen molar-refractivity contribution in [2.24, 2.45) is 0 Å². The molecular weight excluding hydrogens is 404 g/mol. The van der Waals surface area contributed by atoms with Gasteiger partial charge in [-0.3, -0.25) is 4.79 Å². The number of hydrogen-bond donors (Lipinski definition) is 1. The van der Waals surface area contributed by atoms with Crippen LogP contribution in [0.15, 0.2) is 53.4 Å². The molecule has 0 atom stereocenters. The molecule has 0 saturated carbocycles. The number of nitrogens with one attached hydrogen (secondary N) is 1. The number of benzene rings is 2. The minimum Gasteiger partial charge on any atom is -0.325 e. The molecular formula is C19H23ClN2O3S2. The summed E-state index contributed by atoms with van der Waals surface area (Å²) in [6, 6.07) is 13.8. The van der Waals surface area contributed by atoms with Gasteiger partial charge in [-0.2, -0.15) is 4.31 Å². The number of thioether (sulfide) groups is 1. The van der Waals surface area contributed by atoms with Crippen molar-refractivity contribution >= 4 is 45.0 Å². The van der Waals surface area contributed by atoms with Gasteiger partial charge >= 0.3 is 0 Å². The van der Waals surface area contributed by atoms with Gasteiger partial charge in [-0.25, -0.2) is 8.42 Å². The molecule has 0 fully saturated rings. The lowest BCUT2D eigenvalue weighted by molar-refractivity contribution is -0.113. The Hall–Kier alpha value is -1.54. The maximum absolute atomic E-state index is 12.5. The summed E-state index contributed by atoms with van der Waals surface area (Å²) in [6.45, 7) is 4.44. The number of nitrogens with zero attached hydrogens (tertiary/aromatic N) is 1. The summed E-state index contributed by atoms with van der Waals surface area (Å²) < 4.78 is 26.3. The highest BCUT2D eigenvalue weighted by molar-refractivity contribution is 7.99. The third-order valence-corrected chi connectivity index (χ3v) is 7.22. The monoisotopic (exact) mass is 426 g/mol. The van der Waals surface area contributed by atoms with Crippen LogP contribution in [-0.2, 0) is 20.6 Å². The predicted octanol–water partition coefficient (Wildman–Crippen LogP) is 4.24. The molecule has 146 valence electrons. The first-order chi connectivity index (χ1) is 12.9. The van der Waals surface area contributed by atoms with E-state index >= 15 is 0 Å². The van der Waals surface area contributed by atoms with E-state index in [2.05, 4.69) is 5.32 Å². The smallest absolute Gasteiger partial charge is 0.243 e. The van der Waals surface area contributed by atoms with Crippen LogP contribution in [0.3, 0.4) is 0 Å². The van der Waals surface area contributed by atoms with E-state index in [-0.39, 0.29) is 10.8 Å². The summed E-state index contributed by atoms with van der Waals surface area (Å²) in [5, 5.41) is 3.47. The second-order valence-corrected chi connectivity index (χ2v) is 9.14. The molecule has 0 spiro atoms. The Balaban J connectivity index is 1.88. The van der Waals surface area contributed by atoms with E-state index in [1.54, 1.807) is 26.0 Å². The normalized spacial score (nSPS) is 11.6. The van der Waals surface area contributed by atoms with Gasteiger partial charge < -0.3 is 5.32 Å². The molecule has 0 heterocycles. The summed E-state index contributed by atoms with van der Waals surface area (Å²) >= 11 is 7.35. The van der Waals surface area contributed by atoms with Crippen LogP contribution in [-0.4, -0.2) is 37.5 Å². The molecule has 0 aliphatic heterocycles. The summed E-state index contributed by atoms with van der Waals surface area (Å²) in [5.41, 5.74) is 1.67. The minimum atomic E-state index is -3.49. The highest BCUT2D eigenvalue weighted by Gasteiger charge is 2.21. The average Bonchev–Trinajstić information content (AvgIpc) is 2.64. The molecule has 0 aliphatic rings. The van der Waals surface area contributed by atoms with Crippen molar-refractivity contribution in [3.63, 3.8) is 0 Å². The van der Waals surface area contributed by atoms with Crippen molar-refractivity contribution in [1.82, 2.24) is 4.31 Å². The summed E-state index contributed by atoms with van der Waals surface area (Å²) in [4.78, 5) is 12.3. The van der Waals surface area contributed by atoms with Crippen LogP contribution in [0.5, 0.6) is 0 Å². The topological polar surface area (TPSA) is 66.5 Å². The lowest BCUT2D eigenvalue weighted by atomic mass is 10.2. The van der Waals surface area contributed by atoms with Crippen molar-refractivity contribution in [2.75, 3.05) is 24.2 Å². The quantitative estimate of drug-likeness (QED) is 0.651. The van der Waals surface area contributed by atoms with E-state index in [0.29, 0.717) is 35.3 Å². The number of halogens is 1. The summed E-state index contributed by atoms with van der Waals surface area (Å²) in [5.74, 6) is 0.890. The lowest BCUT2D eigenvalue weighted by Crippen LogP contribution is -2.30. The number of carbonyl (C=O) groups is 1. The van der Waals surface area contributed by atoms with Crippen molar-refractivity contribution in [3.05, 3.63) is 59.1 Å². The molecule has 0 unspecified atom stereocenters. The van der Waals surface area contributed by atoms with Gasteiger partial charge in [-0.1, -0.05) is 37.6 Å². The zero-order valence-corrected chi connectivity index (χ0v) is 17.7. The molecule has 1 amide bonds. The molecule has 5 nitrogen and oxygen atoms in total. The fourth-order valence-corrected chi connectivity index (χ4v) is 4.83. The average molecular weight is 427 g/mol. The molecule has 0 aromatic heterocycles. The molecule has 2 aromatic carbocycles. The van der Waals surface area contributed by atoms with Crippen LogP contribution in [0, 0.1) is 0 Å². The first kappa shape index (κ1) is 21.8.